The fourth-order valence-corrected chi connectivity index (χ4v) is 2.03. The van der Waals surface area contributed by atoms with Crippen LogP contribution < -0.4 is 4.72 Å². The van der Waals surface area contributed by atoms with Gasteiger partial charge in [0.05, 0.1) is 0 Å². The van der Waals surface area contributed by atoms with Gasteiger partial charge >= 0.3 is 0 Å². The molecule has 0 saturated heterocycles. The van der Waals surface area contributed by atoms with Gasteiger partial charge < -0.3 is 0 Å². The van der Waals surface area contributed by atoms with E-state index in [0.29, 0.717) is 0 Å². The molecule has 0 aliphatic carbocycles. The molecule has 1 N–H and O–H groups in total. The number of fused-ring (bicyclic) bond motifs is 1. The van der Waals surface area contributed by atoms with Crippen molar-refractivity contribution in [2.45, 2.75) is 10.9 Å². The van der Waals surface area contributed by atoms with Gasteiger partial charge in [-0.1, -0.05) is 23.3 Å². The summed E-state index contributed by atoms with van der Waals surface area (Å²) in [5.74, 6) is -0.272. The van der Waals surface area contributed by atoms with Gasteiger partial charge in [-0.3, -0.25) is 9.52 Å². The summed E-state index contributed by atoms with van der Waals surface area (Å²) in [6.07, 6.45) is 0. The maximum absolute atomic E-state index is 11.4. The number of carbonyl (C=O) groups excluding carboxylic acids is 1. The van der Waals surface area contributed by atoms with E-state index in [2.05, 4.69) is 14.7 Å². The second-order valence-electron chi connectivity index (χ2n) is 2.71. The van der Waals surface area contributed by atoms with Crippen LogP contribution in [0, 0.1) is 0 Å². The summed E-state index contributed by atoms with van der Waals surface area (Å²) in [6.45, 7) is 0. The molecule has 70 valence electrons. The molecule has 1 heterocycles. The molecule has 1 aromatic carbocycles. The van der Waals surface area contributed by atoms with Gasteiger partial charge in [-0.05, 0) is 29.1 Å². The Morgan fingerprint density at radius 1 is 1.50 bits per heavy atom. The van der Waals surface area contributed by atoms with E-state index in [4.69, 9.17) is 5.53 Å². The van der Waals surface area contributed by atoms with Crippen molar-refractivity contribution >= 4 is 17.9 Å². The van der Waals surface area contributed by atoms with E-state index in [0.717, 1.165) is 10.5 Å². The van der Waals surface area contributed by atoms with Crippen LogP contribution in [0.25, 0.3) is 10.4 Å². The van der Waals surface area contributed by atoms with Crippen molar-refractivity contribution in [3.8, 4) is 0 Å². The zero-order valence-electron chi connectivity index (χ0n) is 7.04. The molecule has 0 aromatic heterocycles. The Bertz CT molecular complexity index is 427. The minimum atomic E-state index is -0.738. The first kappa shape index (κ1) is 8.93. The molecule has 5 nitrogen and oxygen atoms in total. The van der Waals surface area contributed by atoms with Gasteiger partial charge in [-0.2, -0.15) is 0 Å². The summed E-state index contributed by atoms with van der Waals surface area (Å²) in [5, 5.41) is 3.46. The Hall–Kier alpha value is -1.65. The van der Waals surface area contributed by atoms with Crippen LogP contribution in [0.2, 0.25) is 0 Å². The number of benzene rings is 1. The van der Waals surface area contributed by atoms with Gasteiger partial charge in [-0.15, -0.1) is 0 Å². The Morgan fingerprint density at radius 3 is 3.07 bits per heavy atom. The molecule has 2 rings (SSSR count). The van der Waals surface area contributed by atoms with E-state index < -0.39 is 6.04 Å². The second kappa shape index (κ2) is 3.61. The summed E-state index contributed by atoms with van der Waals surface area (Å²) in [7, 11) is 0. The third kappa shape index (κ3) is 1.41. The van der Waals surface area contributed by atoms with Crippen molar-refractivity contribution in [1.29, 1.82) is 0 Å². The van der Waals surface area contributed by atoms with Crippen LogP contribution >= 0.6 is 11.9 Å². The van der Waals surface area contributed by atoms with Gasteiger partial charge in [-0.25, -0.2) is 0 Å². The highest BCUT2D eigenvalue weighted by molar-refractivity contribution is 7.98. The predicted octanol–water partition coefficient (Wildman–Crippen LogP) is 2.17. The normalized spacial score (nSPS) is 19.1. The summed E-state index contributed by atoms with van der Waals surface area (Å²) in [4.78, 5) is 14.9. The SMILES string of the molecule is [N-]=[N+]=NC1C(=O)NSc2ccccc21. The second-order valence-corrected chi connectivity index (χ2v) is 3.56. The van der Waals surface area contributed by atoms with Gasteiger partial charge in [0.2, 0.25) is 5.91 Å². The van der Waals surface area contributed by atoms with Crippen LogP contribution in [0.15, 0.2) is 34.3 Å². The van der Waals surface area contributed by atoms with Crippen LogP contribution in [0.5, 0.6) is 0 Å². The molecule has 1 atom stereocenters. The standard InChI is InChI=1S/C8H6N4OS/c9-12-10-7-5-3-1-2-4-6(5)14-11-8(7)13/h1-4,7H,(H,11,13). The van der Waals surface area contributed by atoms with Crippen LogP contribution in [0.1, 0.15) is 11.6 Å². The maximum Gasteiger partial charge on any atom is 0.243 e. The Balaban J connectivity index is 2.51. The van der Waals surface area contributed by atoms with Crippen molar-refractivity contribution in [3.63, 3.8) is 0 Å². The van der Waals surface area contributed by atoms with Gasteiger partial charge in [0.25, 0.3) is 0 Å². The van der Waals surface area contributed by atoms with Crippen molar-refractivity contribution in [3.05, 3.63) is 40.3 Å². The van der Waals surface area contributed by atoms with Gasteiger partial charge in [0.15, 0.2) is 0 Å². The van der Waals surface area contributed by atoms with E-state index in [1.165, 1.54) is 11.9 Å². The lowest BCUT2D eigenvalue weighted by atomic mass is 10.1. The highest BCUT2D eigenvalue weighted by atomic mass is 32.2. The topological polar surface area (TPSA) is 77.9 Å². The zero-order valence-corrected chi connectivity index (χ0v) is 7.86. The smallest absolute Gasteiger partial charge is 0.243 e. The summed E-state index contributed by atoms with van der Waals surface area (Å²) in [6, 6.07) is 6.62. The molecule has 0 saturated carbocycles. The number of nitrogens with zero attached hydrogens (tertiary/aromatic N) is 3. The van der Waals surface area contributed by atoms with E-state index in [1.54, 1.807) is 6.07 Å². The van der Waals surface area contributed by atoms with Crippen LogP contribution in [0.4, 0.5) is 0 Å². The van der Waals surface area contributed by atoms with E-state index in [9.17, 15) is 4.79 Å². The Labute approximate surface area is 84.3 Å². The lowest BCUT2D eigenvalue weighted by Crippen LogP contribution is -2.27. The molecular formula is C8H6N4OS. The van der Waals surface area contributed by atoms with Gasteiger partial charge in [0, 0.05) is 9.81 Å². The molecule has 1 amide bonds. The average Bonchev–Trinajstić information content (AvgIpc) is 2.23. The van der Waals surface area contributed by atoms with Crippen LogP contribution in [-0.4, -0.2) is 5.91 Å². The third-order valence-corrected chi connectivity index (χ3v) is 2.79. The zero-order chi connectivity index (χ0) is 9.97. The number of amides is 1. The number of hydrogen-bond donors (Lipinski definition) is 1. The van der Waals surface area contributed by atoms with Crippen molar-refractivity contribution in [2.24, 2.45) is 5.11 Å². The van der Waals surface area contributed by atoms with Crippen LogP contribution in [-0.2, 0) is 4.79 Å². The summed E-state index contributed by atoms with van der Waals surface area (Å²) in [5.41, 5.74) is 9.10. The molecule has 6 heteroatoms. The molecule has 1 aromatic rings. The highest BCUT2D eigenvalue weighted by Gasteiger charge is 2.26. The van der Waals surface area contributed by atoms with Crippen molar-refractivity contribution in [2.75, 3.05) is 0 Å². The summed E-state index contributed by atoms with van der Waals surface area (Å²) >= 11 is 1.24. The molecule has 1 aliphatic heterocycles. The van der Waals surface area contributed by atoms with Crippen molar-refractivity contribution < 1.29 is 4.79 Å². The first-order valence-corrected chi connectivity index (χ1v) is 4.74. The highest BCUT2D eigenvalue weighted by Crippen LogP contribution is 2.32. The summed E-state index contributed by atoms with van der Waals surface area (Å²) < 4.78 is 2.59. The third-order valence-electron chi connectivity index (χ3n) is 1.89. The Morgan fingerprint density at radius 2 is 2.29 bits per heavy atom. The monoisotopic (exact) mass is 206 g/mol. The fourth-order valence-electron chi connectivity index (χ4n) is 1.27. The molecule has 14 heavy (non-hydrogen) atoms. The predicted molar refractivity (Wildman–Crippen MR) is 52.3 cm³/mol. The van der Waals surface area contributed by atoms with Crippen LogP contribution in [0.3, 0.4) is 0 Å². The van der Waals surface area contributed by atoms with Gasteiger partial charge in [0.1, 0.15) is 6.04 Å². The first-order chi connectivity index (χ1) is 6.83. The van der Waals surface area contributed by atoms with Crippen molar-refractivity contribution in [1.82, 2.24) is 4.72 Å². The number of azide groups is 1. The van der Waals surface area contributed by atoms with E-state index >= 15 is 0 Å². The largest absolute Gasteiger partial charge is 0.295 e. The molecule has 0 fully saturated rings. The number of carbonyl (C=O) groups is 1. The lowest BCUT2D eigenvalue weighted by molar-refractivity contribution is -0.120. The van der Waals surface area contributed by atoms with E-state index in [1.807, 2.05) is 18.2 Å². The first-order valence-electron chi connectivity index (χ1n) is 3.93. The molecule has 0 bridgehead atoms. The quantitative estimate of drug-likeness (QED) is 0.331. The van der Waals surface area contributed by atoms with E-state index in [-0.39, 0.29) is 5.91 Å². The molecule has 1 aliphatic rings. The number of rotatable bonds is 1. The minimum absolute atomic E-state index is 0.272. The molecule has 0 spiro atoms. The number of nitrogens with one attached hydrogen (secondary N) is 1. The maximum atomic E-state index is 11.4. The number of hydrogen-bond acceptors (Lipinski definition) is 3. The average molecular weight is 206 g/mol. The molecule has 0 radical (unpaired) electrons. The fraction of sp³-hybridized carbons (Fsp3) is 0.125. The Kier molecular flexibility index (Phi) is 2.30. The molecule has 1 unspecified atom stereocenters. The lowest BCUT2D eigenvalue weighted by Gasteiger charge is -2.20. The molecular weight excluding hydrogens is 200 g/mol. The minimum Gasteiger partial charge on any atom is -0.295 e.